The van der Waals surface area contributed by atoms with Gasteiger partial charge in [0.1, 0.15) is 0 Å². The molecular formula is C11H22N2O2. The van der Waals surface area contributed by atoms with Crippen LogP contribution in [0.1, 0.15) is 33.6 Å². The molecule has 3 atom stereocenters. The van der Waals surface area contributed by atoms with Crippen LogP contribution >= 0.6 is 0 Å². The largest absolute Gasteiger partial charge is 0.381 e. The predicted octanol–water partition coefficient (Wildman–Crippen LogP) is 0.653. The highest BCUT2D eigenvalue weighted by Gasteiger charge is 2.49. The molecular weight excluding hydrogens is 192 g/mol. The molecule has 4 nitrogen and oxygen atoms in total. The minimum Gasteiger partial charge on any atom is -0.381 e. The molecule has 1 aliphatic rings. The molecule has 0 saturated heterocycles. The summed E-state index contributed by atoms with van der Waals surface area (Å²) < 4.78 is 5.35. The predicted molar refractivity (Wildman–Crippen MR) is 59.4 cm³/mol. The zero-order chi connectivity index (χ0) is 11.6. The lowest BCUT2D eigenvalue weighted by molar-refractivity contribution is -0.125. The van der Waals surface area contributed by atoms with E-state index in [9.17, 15) is 4.79 Å². The van der Waals surface area contributed by atoms with E-state index in [1.165, 1.54) is 0 Å². The van der Waals surface area contributed by atoms with Crippen molar-refractivity contribution in [2.75, 3.05) is 7.11 Å². The van der Waals surface area contributed by atoms with Gasteiger partial charge in [0, 0.05) is 18.6 Å². The summed E-state index contributed by atoms with van der Waals surface area (Å²) in [6.07, 6.45) is 1.97. The highest BCUT2D eigenvalue weighted by atomic mass is 16.5. The molecule has 1 amide bonds. The van der Waals surface area contributed by atoms with Gasteiger partial charge in [-0.3, -0.25) is 4.79 Å². The van der Waals surface area contributed by atoms with Crippen LogP contribution in [0.25, 0.3) is 0 Å². The second-order valence-corrected chi connectivity index (χ2v) is 4.86. The molecule has 15 heavy (non-hydrogen) atoms. The van der Waals surface area contributed by atoms with Gasteiger partial charge in [-0.1, -0.05) is 20.8 Å². The van der Waals surface area contributed by atoms with E-state index >= 15 is 0 Å². The molecule has 0 heterocycles. The van der Waals surface area contributed by atoms with Crippen LogP contribution in [0.2, 0.25) is 0 Å². The van der Waals surface area contributed by atoms with Crippen LogP contribution in [-0.4, -0.2) is 31.2 Å². The lowest BCUT2D eigenvalue weighted by atomic mass is 9.64. The van der Waals surface area contributed by atoms with Crippen LogP contribution < -0.4 is 11.1 Å². The van der Waals surface area contributed by atoms with E-state index in [1.54, 1.807) is 7.11 Å². The number of nitrogens with one attached hydrogen (secondary N) is 1. The maximum Gasteiger partial charge on any atom is 0.234 e. The van der Waals surface area contributed by atoms with Crippen molar-refractivity contribution in [1.82, 2.24) is 5.32 Å². The summed E-state index contributed by atoms with van der Waals surface area (Å²) >= 11 is 0. The lowest BCUT2D eigenvalue weighted by Crippen LogP contribution is -2.64. The van der Waals surface area contributed by atoms with Crippen molar-refractivity contribution in [3.05, 3.63) is 0 Å². The van der Waals surface area contributed by atoms with Gasteiger partial charge in [-0.05, 0) is 12.8 Å². The average molecular weight is 214 g/mol. The molecule has 3 unspecified atom stereocenters. The SMILES string of the molecule is CCC(NC1CC(OC)C1(C)C)C(N)=O. The number of hydrogen-bond donors (Lipinski definition) is 2. The lowest BCUT2D eigenvalue weighted by Gasteiger charge is -2.52. The first-order chi connectivity index (χ1) is 6.93. The monoisotopic (exact) mass is 214 g/mol. The molecule has 0 radical (unpaired) electrons. The van der Waals surface area contributed by atoms with Crippen molar-refractivity contribution < 1.29 is 9.53 Å². The van der Waals surface area contributed by atoms with Crippen LogP contribution in [0.3, 0.4) is 0 Å². The van der Waals surface area contributed by atoms with Crippen molar-refractivity contribution in [1.29, 1.82) is 0 Å². The van der Waals surface area contributed by atoms with E-state index in [-0.39, 0.29) is 23.5 Å². The van der Waals surface area contributed by atoms with Crippen LogP contribution in [0.15, 0.2) is 0 Å². The molecule has 0 aliphatic heterocycles. The number of carbonyl (C=O) groups excluding carboxylic acids is 1. The number of carbonyl (C=O) groups is 1. The van der Waals surface area contributed by atoms with Gasteiger partial charge in [0.2, 0.25) is 5.91 Å². The number of amides is 1. The molecule has 4 heteroatoms. The standard InChI is InChI=1S/C11H22N2O2/c1-5-7(10(12)14)13-8-6-9(15-4)11(8,2)3/h7-9,13H,5-6H2,1-4H3,(H2,12,14). The van der Waals surface area contributed by atoms with Crippen molar-refractivity contribution >= 4 is 5.91 Å². The molecule has 0 spiro atoms. The van der Waals surface area contributed by atoms with Gasteiger partial charge in [-0.25, -0.2) is 0 Å². The molecule has 0 aromatic carbocycles. The number of nitrogens with two attached hydrogens (primary N) is 1. The van der Waals surface area contributed by atoms with E-state index < -0.39 is 0 Å². The molecule has 1 aliphatic carbocycles. The summed E-state index contributed by atoms with van der Waals surface area (Å²) in [6, 6.07) is 0.104. The maximum atomic E-state index is 11.1. The Balaban J connectivity index is 2.51. The number of ether oxygens (including phenoxy) is 1. The quantitative estimate of drug-likeness (QED) is 0.706. The third-order valence-corrected chi connectivity index (χ3v) is 3.62. The van der Waals surface area contributed by atoms with Crippen LogP contribution in [0.4, 0.5) is 0 Å². The first kappa shape index (κ1) is 12.5. The number of primary amides is 1. The Morgan fingerprint density at radius 2 is 2.27 bits per heavy atom. The van der Waals surface area contributed by atoms with Crippen molar-refractivity contribution in [3.8, 4) is 0 Å². The van der Waals surface area contributed by atoms with Crippen LogP contribution in [0, 0.1) is 5.41 Å². The van der Waals surface area contributed by atoms with Gasteiger partial charge in [0.25, 0.3) is 0 Å². The second-order valence-electron chi connectivity index (χ2n) is 4.86. The normalized spacial score (nSPS) is 30.7. The van der Waals surface area contributed by atoms with E-state index in [4.69, 9.17) is 10.5 Å². The fourth-order valence-corrected chi connectivity index (χ4v) is 2.21. The summed E-state index contributed by atoms with van der Waals surface area (Å²) in [7, 11) is 1.73. The van der Waals surface area contributed by atoms with Gasteiger partial charge in [0.05, 0.1) is 12.1 Å². The first-order valence-corrected chi connectivity index (χ1v) is 5.51. The van der Waals surface area contributed by atoms with E-state index in [0.29, 0.717) is 6.04 Å². The Labute approximate surface area is 91.5 Å². The summed E-state index contributed by atoms with van der Waals surface area (Å²) in [4.78, 5) is 11.1. The molecule has 1 rings (SSSR count). The minimum atomic E-state index is -0.269. The number of rotatable bonds is 5. The van der Waals surface area contributed by atoms with E-state index in [2.05, 4.69) is 19.2 Å². The Morgan fingerprint density at radius 1 is 1.67 bits per heavy atom. The molecule has 0 aromatic heterocycles. The Hall–Kier alpha value is -0.610. The Bertz CT molecular complexity index is 241. The molecule has 3 N–H and O–H groups in total. The van der Waals surface area contributed by atoms with Crippen LogP contribution in [0.5, 0.6) is 0 Å². The van der Waals surface area contributed by atoms with Gasteiger partial charge in [0.15, 0.2) is 0 Å². The average Bonchev–Trinajstić information content (AvgIpc) is 2.16. The Kier molecular flexibility index (Phi) is 3.73. The van der Waals surface area contributed by atoms with Gasteiger partial charge in [-0.15, -0.1) is 0 Å². The van der Waals surface area contributed by atoms with E-state index in [1.807, 2.05) is 6.92 Å². The summed E-state index contributed by atoms with van der Waals surface area (Å²) in [5.74, 6) is -0.269. The van der Waals surface area contributed by atoms with E-state index in [0.717, 1.165) is 12.8 Å². The minimum absolute atomic E-state index is 0.0810. The smallest absolute Gasteiger partial charge is 0.234 e. The fraction of sp³-hybridized carbons (Fsp3) is 0.909. The third-order valence-electron chi connectivity index (χ3n) is 3.62. The molecule has 1 saturated carbocycles. The van der Waals surface area contributed by atoms with Crippen molar-refractivity contribution in [2.24, 2.45) is 11.1 Å². The third kappa shape index (κ3) is 2.32. The zero-order valence-corrected chi connectivity index (χ0v) is 10.0. The summed E-state index contributed by atoms with van der Waals surface area (Å²) in [5, 5.41) is 3.30. The van der Waals surface area contributed by atoms with Gasteiger partial charge >= 0.3 is 0 Å². The first-order valence-electron chi connectivity index (χ1n) is 5.51. The molecule has 88 valence electrons. The highest BCUT2D eigenvalue weighted by Crippen LogP contribution is 2.42. The highest BCUT2D eigenvalue weighted by molar-refractivity contribution is 5.79. The molecule has 1 fully saturated rings. The number of hydrogen-bond acceptors (Lipinski definition) is 3. The van der Waals surface area contributed by atoms with Crippen LogP contribution in [-0.2, 0) is 9.53 Å². The molecule has 0 bridgehead atoms. The summed E-state index contributed by atoms with van der Waals surface area (Å²) in [5.41, 5.74) is 5.38. The molecule has 0 aromatic rings. The van der Waals surface area contributed by atoms with Gasteiger partial charge in [-0.2, -0.15) is 0 Å². The summed E-state index contributed by atoms with van der Waals surface area (Å²) in [6.45, 7) is 6.26. The Morgan fingerprint density at radius 3 is 2.60 bits per heavy atom. The zero-order valence-electron chi connectivity index (χ0n) is 10.0. The maximum absolute atomic E-state index is 11.1. The van der Waals surface area contributed by atoms with Crippen molar-refractivity contribution in [3.63, 3.8) is 0 Å². The second kappa shape index (κ2) is 4.49. The fourth-order valence-electron chi connectivity index (χ4n) is 2.21. The van der Waals surface area contributed by atoms with Gasteiger partial charge < -0.3 is 15.8 Å². The topological polar surface area (TPSA) is 64.3 Å². The van der Waals surface area contributed by atoms with Crippen molar-refractivity contribution in [2.45, 2.75) is 51.8 Å². The number of methoxy groups -OCH3 is 1.